The summed E-state index contributed by atoms with van der Waals surface area (Å²) in [6, 6.07) is 13.5. The molecule has 0 fully saturated rings. The van der Waals surface area contributed by atoms with E-state index in [-0.39, 0.29) is 5.82 Å². The van der Waals surface area contributed by atoms with Crippen molar-refractivity contribution in [3.05, 3.63) is 64.8 Å². The molecule has 2 aromatic carbocycles. The Morgan fingerprint density at radius 3 is 2.84 bits per heavy atom. The number of benzene rings is 2. The lowest BCUT2D eigenvalue weighted by Crippen LogP contribution is -2.00. The number of halogens is 1. The van der Waals surface area contributed by atoms with Crippen molar-refractivity contribution in [2.75, 3.05) is 5.32 Å². The fourth-order valence-electron chi connectivity index (χ4n) is 2.12. The summed E-state index contributed by atoms with van der Waals surface area (Å²) in [6.45, 7) is 2.53. The number of aryl methyl sites for hydroxylation is 1. The minimum Gasteiger partial charge on any atom is -0.379 e. The molecule has 0 unspecified atom stereocenters. The Bertz CT molecular complexity index is 718. The summed E-state index contributed by atoms with van der Waals surface area (Å²) in [7, 11) is 0. The summed E-state index contributed by atoms with van der Waals surface area (Å²) >= 11 is 1.72. The normalized spacial score (nSPS) is 10.8. The van der Waals surface area contributed by atoms with Crippen LogP contribution in [0, 0.1) is 12.7 Å². The average molecular weight is 271 g/mol. The van der Waals surface area contributed by atoms with Crippen LogP contribution in [0.1, 0.15) is 11.1 Å². The predicted octanol–water partition coefficient (Wildman–Crippen LogP) is 4.96. The molecule has 1 nitrogen and oxygen atoms in total. The second-order valence-electron chi connectivity index (χ2n) is 4.59. The van der Waals surface area contributed by atoms with Crippen molar-refractivity contribution in [3.63, 3.8) is 0 Å². The highest BCUT2D eigenvalue weighted by molar-refractivity contribution is 7.17. The lowest BCUT2D eigenvalue weighted by Gasteiger charge is -2.07. The highest BCUT2D eigenvalue weighted by Crippen LogP contribution is 2.26. The van der Waals surface area contributed by atoms with Gasteiger partial charge in [0, 0.05) is 11.2 Å². The lowest BCUT2D eigenvalue weighted by molar-refractivity contribution is 0.629. The van der Waals surface area contributed by atoms with Crippen LogP contribution in [0.2, 0.25) is 0 Å². The zero-order valence-electron chi connectivity index (χ0n) is 10.6. The van der Waals surface area contributed by atoms with Crippen LogP contribution in [0.4, 0.5) is 10.1 Å². The Labute approximate surface area is 115 Å². The molecular formula is C16H14FNS. The Morgan fingerprint density at radius 1 is 1.16 bits per heavy atom. The van der Waals surface area contributed by atoms with Crippen molar-refractivity contribution in [1.82, 2.24) is 0 Å². The molecule has 0 radical (unpaired) electrons. The molecule has 0 aliphatic heterocycles. The second kappa shape index (κ2) is 5.02. The maximum absolute atomic E-state index is 13.7. The van der Waals surface area contributed by atoms with Crippen LogP contribution < -0.4 is 5.32 Å². The quantitative estimate of drug-likeness (QED) is 0.710. The van der Waals surface area contributed by atoms with E-state index in [0.717, 1.165) is 5.56 Å². The van der Waals surface area contributed by atoms with Gasteiger partial charge in [-0.05, 0) is 47.0 Å². The van der Waals surface area contributed by atoms with Gasteiger partial charge in [-0.25, -0.2) is 4.39 Å². The topological polar surface area (TPSA) is 12.0 Å². The molecule has 0 saturated carbocycles. The van der Waals surface area contributed by atoms with E-state index >= 15 is 0 Å². The van der Waals surface area contributed by atoms with Crippen LogP contribution in [0.25, 0.3) is 10.1 Å². The molecule has 0 spiro atoms. The molecule has 0 aliphatic carbocycles. The van der Waals surface area contributed by atoms with Gasteiger partial charge in [0.2, 0.25) is 0 Å². The molecule has 0 saturated heterocycles. The van der Waals surface area contributed by atoms with Crippen molar-refractivity contribution in [1.29, 1.82) is 0 Å². The second-order valence-corrected chi connectivity index (χ2v) is 5.51. The largest absolute Gasteiger partial charge is 0.379 e. The first-order valence-corrected chi connectivity index (χ1v) is 7.07. The molecule has 1 aromatic heterocycles. The van der Waals surface area contributed by atoms with Crippen molar-refractivity contribution in [2.45, 2.75) is 13.5 Å². The van der Waals surface area contributed by atoms with Crippen LogP contribution in [-0.4, -0.2) is 0 Å². The molecule has 3 heteroatoms. The molecule has 3 rings (SSSR count). The van der Waals surface area contributed by atoms with E-state index < -0.39 is 0 Å². The van der Waals surface area contributed by atoms with Gasteiger partial charge in [0.1, 0.15) is 5.82 Å². The van der Waals surface area contributed by atoms with Crippen LogP contribution >= 0.6 is 11.3 Å². The van der Waals surface area contributed by atoms with Gasteiger partial charge in [0.15, 0.2) is 0 Å². The Kier molecular flexibility index (Phi) is 3.22. The smallest absolute Gasteiger partial charge is 0.146 e. The van der Waals surface area contributed by atoms with E-state index in [4.69, 9.17) is 0 Å². The third-order valence-electron chi connectivity index (χ3n) is 3.16. The molecule has 19 heavy (non-hydrogen) atoms. The van der Waals surface area contributed by atoms with Crippen LogP contribution in [-0.2, 0) is 6.54 Å². The van der Waals surface area contributed by atoms with Gasteiger partial charge in [-0.1, -0.05) is 24.3 Å². The van der Waals surface area contributed by atoms with Crippen molar-refractivity contribution >= 4 is 27.1 Å². The summed E-state index contributed by atoms with van der Waals surface area (Å²) < 4.78 is 15.0. The van der Waals surface area contributed by atoms with Gasteiger partial charge in [-0.2, -0.15) is 0 Å². The Balaban J connectivity index is 1.82. The zero-order chi connectivity index (χ0) is 13.2. The van der Waals surface area contributed by atoms with E-state index in [9.17, 15) is 4.39 Å². The summed E-state index contributed by atoms with van der Waals surface area (Å²) in [5, 5.41) is 6.54. The van der Waals surface area contributed by atoms with Crippen LogP contribution in [0.15, 0.2) is 47.8 Å². The van der Waals surface area contributed by atoms with Crippen LogP contribution in [0.5, 0.6) is 0 Å². The maximum atomic E-state index is 13.7. The summed E-state index contributed by atoms with van der Waals surface area (Å²) in [4.78, 5) is 0. The standard InChI is InChI=1S/C16H14FNS/c1-11-6-7-15(14(17)8-11)18-9-12-10-19-16-5-3-2-4-13(12)16/h2-8,10,18H,9H2,1H3. The highest BCUT2D eigenvalue weighted by atomic mass is 32.1. The van der Waals surface area contributed by atoms with Gasteiger partial charge in [-0.3, -0.25) is 0 Å². The van der Waals surface area contributed by atoms with E-state index in [0.29, 0.717) is 12.2 Å². The molecule has 3 aromatic rings. The van der Waals surface area contributed by atoms with E-state index in [1.54, 1.807) is 23.5 Å². The summed E-state index contributed by atoms with van der Waals surface area (Å²) in [5.41, 5.74) is 2.70. The van der Waals surface area contributed by atoms with Gasteiger partial charge in [-0.15, -0.1) is 11.3 Å². The molecule has 0 bridgehead atoms. The van der Waals surface area contributed by atoms with Crippen molar-refractivity contribution in [2.24, 2.45) is 0 Å². The van der Waals surface area contributed by atoms with E-state index in [1.165, 1.54) is 15.6 Å². The average Bonchev–Trinajstić information content (AvgIpc) is 2.81. The Morgan fingerprint density at radius 2 is 2.00 bits per heavy atom. The highest BCUT2D eigenvalue weighted by Gasteiger charge is 2.05. The first-order valence-electron chi connectivity index (χ1n) is 6.19. The molecule has 96 valence electrons. The van der Waals surface area contributed by atoms with Gasteiger partial charge >= 0.3 is 0 Å². The molecule has 1 N–H and O–H groups in total. The van der Waals surface area contributed by atoms with E-state index in [2.05, 4.69) is 22.8 Å². The third kappa shape index (κ3) is 2.47. The number of hydrogen-bond acceptors (Lipinski definition) is 2. The van der Waals surface area contributed by atoms with E-state index in [1.807, 2.05) is 25.1 Å². The zero-order valence-corrected chi connectivity index (χ0v) is 11.4. The SMILES string of the molecule is Cc1ccc(NCc2csc3ccccc23)c(F)c1. The van der Waals surface area contributed by atoms with Crippen molar-refractivity contribution < 1.29 is 4.39 Å². The fraction of sp³-hybridized carbons (Fsp3) is 0.125. The molecular weight excluding hydrogens is 257 g/mol. The molecule has 0 amide bonds. The third-order valence-corrected chi connectivity index (χ3v) is 4.17. The fourth-order valence-corrected chi connectivity index (χ4v) is 3.09. The number of anilines is 1. The number of thiophene rings is 1. The van der Waals surface area contributed by atoms with Gasteiger partial charge in [0.25, 0.3) is 0 Å². The number of rotatable bonds is 3. The number of nitrogens with one attached hydrogen (secondary N) is 1. The van der Waals surface area contributed by atoms with Crippen molar-refractivity contribution in [3.8, 4) is 0 Å². The summed E-state index contributed by atoms with van der Waals surface area (Å²) in [6.07, 6.45) is 0. The number of fused-ring (bicyclic) bond motifs is 1. The van der Waals surface area contributed by atoms with Crippen LogP contribution in [0.3, 0.4) is 0 Å². The minimum atomic E-state index is -0.195. The molecule has 0 aliphatic rings. The van der Waals surface area contributed by atoms with Gasteiger partial charge in [0.05, 0.1) is 5.69 Å². The van der Waals surface area contributed by atoms with Gasteiger partial charge < -0.3 is 5.32 Å². The summed E-state index contributed by atoms with van der Waals surface area (Å²) in [5.74, 6) is -0.195. The molecule has 0 atom stereocenters. The minimum absolute atomic E-state index is 0.195. The first kappa shape index (κ1) is 12.2. The Hall–Kier alpha value is -1.87. The number of hydrogen-bond donors (Lipinski definition) is 1. The first-order chi connectivity index (χ1) is 9.24. The lowest BCUT2D eigenvalue weighted by atomic mass is 10.1. The monoisotopic (exact) mass is 271 g/mol. The predicted molar refractivity (Wildman–Crippen MR) is 80.3 cm³/mol. The maximum Gasteiger partial charge on any atom is 0.146 e. The molecule has 1 heterocycles.